The first-order valence-electron chi connectivity index (χ1n) is 11.9. The Morgan fingerprint density at radius 1 is 1.00 bits per heavy atom. The van der Waals surface area contributed by atoms with Gasteiger partial charge < -0.3 is 24.7 Å². The molecule has 0 unspecified atom stereocenters. The highest BCUT2D eigenvalue weighted by Gasteiger charge is 2.31. The van der Waals surface area contributed by atoms with Crippen molar-refractivity contribution in [3.63, 3.8) is 0 Å². The Morgan fingerprint density at radius 2 is 1.68 bits per heavy atom. The summed E-state index contributed by atoms with van der Waals surface area (Å²) in [6.45, 7) is 2.49. The van der Waals surface area contributed by atoms with Gasteiger partial charge in [-0.25, -0.2) is 14.4 Å². The molecule has 0 radical (unpaired) electrons. The Morgan fingerprint density at radius 3 is 2.34 bits per heavy atom. The van der Waals surface area contributed by atoms with Crippen molar-refractivity contribution in [2.24, 2.45) is 0 Å². The van der Waals surface area contributed by atoms with E-state index in [0.717, 1.165) is 42.8 Å². The van der Waals surface area contributed by atoms with Gasteiger partial charge in [-0.3, -0.25) is 4.79 Å². The highest BCUT2D eigenvalue weighted by Crippen LogP contribution is 2.32. The molecule has 1 amide bonds. The van der Waals surface area contributed by atoms with Crippen molar-refractivity contribution in [2.45, 2.75) is 12.7 Å². The third-order valence-corrected chi connectivity index (χ3v) is 6.34. The molecule has 3 heterocycles. The van der Waals surface area contributed by atoms with Crippen LogP contribution in [0.2, 0.25) is 0 Å². The smallest absolute Gasteiger partial charge is 0.369 e. The van der Waals surface area contributed by atoms with Crippen molar-refractivity contribution in [2.75, 3.05) is 43.4 Å². The summed E-state index contributed by atoms with van der Waals surface area (Å²) in [6, 6.07) is 12.7. The highest BCUT2D eigenvalue weighted by atomic mass is 19.4. The molecule has 1 aliphatic heterocycles. The molecule has 5 rings (SSSR count). The number of nitrogens with zero attached hydrogens (tertiary/aromatic N) is 5. The van der Waals surface area contributed by atoms with E-state index in [4.69, 9.17) is 0 Å². The number of hydrogen-bond donors (Lipinski definition) is 2. The van der Waals surface area contributed by atoms with E-state index < -0.39 is 24.4 Å². The number of imidazole rings is 2. The molecule has 1 saturated heterocycles. The summed E-state index contributed by atoms with van der Waals surface area (Å²) >= 11 is 0. The molecule has 2 aromatic carbocycles. The van der Waals surface area contributed by atoms with Gasteiger partial charge in [-0.2, -0.15) is 13.2 Å². The van der Waals surface area contributed by atoms with Crippen molar-refractivity contribution < 1.29 is 22.4 Å². The summed E-state index contributed by atoms with van der Waals surface area (Å²) in [5.74, 6) is -0.957. The zero-order valence-corrected chi connectivity index (χ0v) is 20.5. The molecule has 4 aromatic rings. The van der Waals surface area contributed by atoms with Crippen LogP contribution in [0.1, 0.15) is 10.5 Å². The van der Waals surface area contributed by atoms with Crippen molar-refractivity contribution >= 4 is 17.3 Å². The highest BCUT2D eigenvalue weighted by molar-refractivity contribution is 6.03. The lowest BCUT2D eigenvalue weighted by atomic mass is 10.1. The Kier molecular flexibility index (Phi) is 6.89. The van der Waals surface area contributed by atoms with E-state index in [1.165, 1.54) is 30.5 Å². The number of carbonyl (C=O) groups excluding carboxylic acids is 1. The monoisotopic (exact) mass is 527 g/mol. The molecule has 2 N–H and O–H groups in total. The first-order valence-corrected chi connectivity index (χ1v) is 11.9. The van der Waals surface area contributed by atoms with Gasteiger partial charge in [-0.05, 0) is 55.6 Å². The molecular formula is C26H25F4N7O. The van der Waals surface area contributed by atoms with Crippen LogP contribution in [0.15, 0.2) is 61.1 Å². The summed E-state index contributed by atoms with van der Waals surface area (Å²) in [5, 5.41) is 2.78. The van der Waals surface area contributed by atoms with Crippen molar-refractivity contribution in [1.82, 2.24) is 24.4 Å². The lowest BCUT2D eigenvalue weighted by Gasteiger charge is -2.34. The summed E-state index contributed by atoms with van der Waals surface area (Å²) in [7, 11) is 2.09. The Balaban J connectivity index is 1.36. The van der Waals surface area contributed by atoms with Crippen LogP contribution < -0.4 is 10.2 Å². The molecule has 1 fully saturated rings. The Labute approximate surface area is 215 Å². The number of carbonyl (C=O) groups is 1. The Bertz CT molecular complexity index is 1400. The van der Waals surface area contributed by atoms with E-state index in [1.807, 2.05) is 12.1 Å². The zero-order chi connectivity index (χ0) is 26.9. The van der Waals surface area contributed by atoms with Gasteiger partial charge in [-0.1, -0.05) is 0 Å². The zero-order valence-electron chi connectivity index (χ0n) is 20.5. The van der Waals surface area contributed by atoms with Crippen LogP contribution in [0.3, 0.4) is 0 Å². The molecule has 1 aliphatic rings. The number of aromatic nitrogens is 4. The number of amides is 1. The molecule has 8 nitrogen and oxygen atoms in total. The minimum absolute atomic E-state index is 0.0293. The van der Waals surface area contributed by atoms with Gasteiger partial charge in [0, 0.05) is 43.1 Å². The third kappa shape index (κ3) is 5.70. The standard InChI is InChI=1S/C26H25F4N7O/c1-35-10-12-36(13-11-35)20-8-6-19(7-9-20)33-25(38)21-14-31-24(34-21)23-22(17-2-4-18(27)5-3-17)32-16-37(23)15-26(28,29)30/h2-9,14,16H,10-13,15H2,1H3,(H,31,34)(H,33,38). The number of nitrogens with one attached hydrogen (secondary N) is 2. The number of piperazine rings is 1. The fraction of sp³-hybridized carbons (Fsp3) is 0.269. The van der Waals surface area contributed by atoms with Crippen LogP contribution in [0.5, 0.6) is 0 Å². The van der Waals surface area contributed by atoms with Gasteiger partial charge in [0.25, 0.3) is 5.91 Å². The van der Waals surface area contributed by atoms with Gasteiger partial charge in [0.15, 0.2) is 5.82 Å². The summed E-state index contributed by atoms with van der Waals surface area (Å²) < 4.78 is 54.0. The SMILES string of the molecule is CN1CCN(c2ccc(NC(=O)c3cnc(-c4c(-c5ccc(F)cc5)ncn4CC(F)(F)F)[nH]3)cc2)CC1. The van der Waals surface area contributed by atoms with Gasteiger partial charge >= 0.3 is 6.18 Å². The first kappa shape index (κ1) is 25.5. The van der Waals surface area contributed by atoms with Gasteiger partial charge in [0.05, 0.1) is 18.2 Å². The molecule has 38 heavy (non-hydrogen) atoms. The van der Waals surface area contributed by atoms with Gasteiger partial charge in [0.1, 0.15) is 23.7 Å². The van der Waals surface area contributed by atoms with Crippen LogP contribution in [0.25, 0.3) is 22.8 Å². The predicted octanol–water partition coefficient (Wildman–Crippen LogP) is 4.65. The average Bonchev–Trinajstić information content (AvgIpc) is 3.52. The van der Waals surface area contributed by atoms with E-state index in [-0.39, 0.29) is 22.9 Å². The van der Waals surface area contributed by atoms with Crippen LogP contribution >= 0.6 is 0 Å². The number of alkyl halides is 3. The third-order valence-electron chi connectivity index (χ3n) is 6.34. The van der Waals surface area contributed by atoms with E-state index in [1.54, 1.807) is 12.1 Å². The molecule has 0 bridgehead atoms. The number of halogens is 4. The lowest BCUT2D eigenvalue weighted by molar-refractivity contribution is -0.140. The number of hydrogen-bond acceptors (Lipinski definition) is 5. The lowest BCUT2D eigenvalue weighted by Crippen LogP contribution is -2.44. The second kappa shape index (κ2) is 10.3. The van der Waals surface area contributed by atoms with Crippen molar-refractivity contribution in [3.05, 3.63) is 72.6 Å². The van der Waals surface area contributed by atoms with E-state index in [2.05, 4.69) is 37.1 Å². The molecular weight excluding hydrogens is 502 g/mol. The number of aromatic amines is 1. The average molecular weight is 528 g/mol. The second-order valence-corrected chi connectivity index (χ2v) is 9.13. The summed E-state index contributed by atoms with van der Waals surface area (Å²) in [6.07, 6.45) is -2.22. The minimum Gasteiger partial charge on any atom is -0.369 e. The number of likely N-dealkylation sites (N-methyl/N-ethyl adjacent to an activating group) is 1. The minimum atomic E-state index is -4.52. The quantitative estimate of drug-likeness (QED) is 0.357. The maximum Gasteiger partial charge on any atom is 0.406 e. The Hall–Kier alpha value is -4.19. The van der Waals surface area contributed by atoms with Crippen LogP contribution in [0.4, 0.5) is 28.9 Å². The summed E-state index contributed by atoms with van der Waals surface area (Å²) in [4.78, 5) is 28.5. The van der Waals surface area contributed by atoms with Crippen LogP contribution in [-0.4, -0.2) is 69.7 Å². The number of rotatable bonds is 6. The van der Waals surface area contributed by atoms with Crippen molar-refractivity contribution in [3.8, 4) is 22.8 Å². The van der Waals surface area contributed by atoms with E-state index in [9.17, 15) is 22.4 Å². The molecule has 0 aliphatic carbocycles. The topological polar surface area (TPSA) is 82.1 Å². The molecule has 0 saturated carbocycles. The van der Waals surface area contributed by atoms with Crippen LogP contribution in [-0.2, 0) is 6.54 Å². The number of benzene rings is 2. The van der Waals surface area contributed by atoms with Crippen molar-refractivity contribution in [1.29, 1.82) is 0 Å². The normalized spacial score (nSPS) is 14.6. The van der Waals surface area contributed by atoms with E-state index >= 15 is 0 Å². The maximum absolute atomic E-state index is 13.4. The molecule has 0 atom stereocenters. The number of H-pyrrole nitrogens is 1. The summed E-state index contributed by atoms with van der Waals surface area (Å²) in [5.41, 5.74) is 2.31. The first-order chi connectivity index (χ1) is 18.2. The van der Waals surface area contributed by atoms with Crippen LogP contribution in [0, 0.1) is 5.82 Å². The van der Waals surface area contributed by atoms with Gasteiger partial charge in [0.2, 0.25) is 0 Å². The predicted molar refractivity (Wildman–Crippen MR) is 135 cm³/mol. The largest absolute Gasteiger partial charge is 0.406 e. The van der Waals surface area contributed by atoms with E-state index in [0.29, 0.717) is 11.3 Å². The molecule has 12 heteroatoms. The molecule has 0 spiro atoms. The molecule has 2 aromatic heterocycles. The number of anilines is 2. The van der Waals surface area contributed by atoms with Gasteiger partial charge in [-0.15, -0.1) is 0 Å². The fourth-order valence-corrected chi connectivity index (χ4v) is 4.34. The fourth-order valence-electron chi connectivity index (χ4n) is 4.34. The maximum atomic E-state index is 13.4. The second-order valence-electron chi connectivity index (χ2n) is 9.13. The molecule has 198 valence electrons.